The highest BCUT2D eigenvalue weighted by molar-refractivity contribution is 5.33. The summed E-state index contributed by atoms with van der Waals surface area (Å²) in [7, 11) is 0. The van der Waals surface area contributed by atoms with Crippen LogP contribution in [0.1, 0.15) is 68.2 Å². The van der Waals surface area contributed by atoms with E-state index in [1.165, 1.54) is 36.0 Å². The third kappa shape index (κ3) is 3.16. The van der Waals surface area contributed by atoms with Gasteiger partial charge >= 0.3 is 0 Å². The summed E-state index contributed by atoms with van der Waals surface area (Å²) < 4.78 is 0. The topological polar surface area (TPSA) is 0 Å². The van der Waals surface area contributed by atoms with Crippen molar-refractivity contribution in [3.8, 4) is 0 Å². The van der Waals surface area contributed by atoms with Crippen molar-refractivity contribution in [3.05, 3.63) is 70.8 Å². The van der Waals surface area contributed by atoms with Gasteiger partial charge in [0.25, 0.3) is 0 Å². The van der Waals surface area contributed by atoms with Gasteiger partial charge in [0.15, 0.2) is 0 Å². The van der Waals surface area contributed by atoms with Gasteiger partial charge in [-0.1, -0.05) is 80.4 Å². The van der Waals surface area contributed by atoms with Crippen molar-refractivity contribution in [2.45, 2.75) is 65.2 Å². The van der Waals surface area contributed by atoms with E-state index in [1.54, 1.807) is 5.56 Å². The van der Waals surface area contributed by atoms with Crippen LogP contribution >= 0.6 is 0 Å². The first kappa shape index (κ1) is 17.3. The SMILES string of the molecule is Cc1ccc(C2CC(c3ccc(C)cc3)(C(C)C)CCC2C)cc1. The van der Waals surface area contributed by atoms with Gasteiger partial charge in [0.2, 0.25) is 0 Å². The molecule has 1 fully saturated rings. The Morgan fingerprint density at radius 2 is 1.42 bits per heavy atom. The average molecular weight is 321 g/mol. The maximum atomic E-state index is 2.45. The van der Waals surface area contributed by atoms with Crippen LogP contribution in [0.15, 0.2) is 48.5 Å². The first-order valence-corrected chi connectivity index (χ1v) is 9.56. The molecule has 2 aromatic carbocycles. The second-order valence-corrected chi connectivity index (χ2v) is 8.41. The van der Waals surface area contributed by atoms with Crippen molar-refractivity contribution in [3.63, 3.8) is 0 Å². The predicted octanol–water partition coefficient (Wildman–Crippen LogP) is 6.80. The van der Waals surface area contributed by atoms with Gasteiger partial charge in [-0.3, -0.25) is 0 Å². The Labute approximate surface area is 148 Å². The van der Waals surface area contributed by atoms with Gasteiger partial charge in [-0.2, -0.15) is 0 Å². The van der Waals surface area contributed by atoms with E-state index in [0.29, 0.717) is 17.3 Å². The Kier molecular flexibility index (Phi) is 4.85. The van der Waals surface area contributed by atoms with Crippen LogP contribution in [0.4, 0.5) is 0 Å². The van der Waals surface area contributed by atoms with E-state index in [-0.39, 0.29) is 0 Å². The fraction of sp³-hybridized carbons (Fsp3) is 0.500. The number of hydrogen-bond acceptors (Lipinski definition) is 0. The zero-order chi connectivity index (χ0) is 17.3. The lowest BCUT2D eigenvalue weighted by Crippen LogP contribution is -2.39. The minimum atomic E-state index is 0.315. The van der Waals surface area contributed by atoms with Gasteiger partial charge in [-0.05, 0) is 67.4 Å². The van der Waals surface area contributed by atoms with Crippen LogP contribution in [0, 0.1) is 25.7 Å². The zero-order valence-corrected chi connectivity index (χ0v) is 16.0. The summed E-state index contributed by atoms with van der Waals surface area (Å²) >= 11 is 0. The number of aryl methyl sites for hydroxylation is 2. The van der Waals surface area contributed by atoms with Crippen LogP contribution in [0.5, 0.6) is 0 Å². The van der Waals surface area contributed by atoms with E-state index in [4.69, 9.17) is 0 Å². The summed E-state index contributed by atoms with van der Waals surface area (Å²) in [5, 5.41) is 0. The first-order valence-electron chi connectivity index (χ1n) is 9.56. The highest BCUT2D eigenvalue weighted by Crippen LogP contribution is 2.52. The van der Waals surface area contributed by atoms with Crippen molar-refractivity contribution in [2.24, 2.45) is 11.8 Å². The maximum absolute atomic E-state index is 2.45. The fourth-order valence-corrected chi connectivity index (χ4v) is 4.65. The quantitative estimate of drug-likeness (QED) is 0.583. The lowest BCUT2D eigenvalue weighted by atomic mass is 9.57. The minimum absolute atomic E-state index is 0.315. The molecule has 2 aromatic rings. The molecule has 0 heteroatoms. The van der Waals surface area contributed by atoms with Gasteiger partial charge in [-0.15, -0.1) is 0 Å². The zero-order valence-electron chi connectivity index (χ0n) is 16.0. The second kappa shape index (κ2) is 6.75. The predicted molar refractivity (Wildman–Crippen MR) is 105 cm³/mol. The lowest BCUT2D eigenvalue weighted by Gasteiger charge is -2.47. The minimum Gasteiger partial charge on any atom is -0.0619 e. The Morgan fingerprint density at radius 1 is 0.875 bits per heavy atom. The molecule has 3 rings (SSSR count). The van der Waals surface area contributed by atoms with Crippen molar-refractivity contribution in [1.82, 2.24) is 0 Å². The highest BCUT2D eigenvalue weighted by Gasteiger charge is 2.43. The molecule has 0 bridgehead atoms. The first-order chi connectivity index (χ1) is 11.4. The normalized spacial score (nSPS) is 27.4. The molecule has 0 spiro atoms. The van der Waals surface area contributed by atoms with E-state index < -0.39 is 0 Å². The van der Waals surface area contributed by atoms with Crippen LogP contribution in [0.25, 0.3) is 0 Å². The third-order valence-corrected chi connectivity index (χ3v) is 6.55. The Balaban J connectivity index is 1.98. The number of hydrogen-bond donors (Lipinski definition) is 0. The molecule has 0 saturated heterocycles. The van der Waals surface area contributed by atoms with Gasteiger partial charge in [0, 0.05) is 0 Å². The summed E-state index contributed by atoms with van der Waals surface area (Å²) in [6.45, 7) is 11.6. The third-order valence-electron chi connectivity index (χ3n) is 6.55. The van der Waals surface area contributed by atoms with E-state index in [1.807, 2.05) is 0 Å². The number of rotatable bonds is 3. The molecule has 0 heterocycles. The smallest absolute Gasteiger partial charge is 0.00180 e. The standard InChI is InChI=1S/C24H32/c1-17(2)24(22-12-8-19(4)9-13-22)15-14-20(5)23(16-24)21-10-6-18(3)7-11-21/h6-13,17,20,23H,14-16H2,1-5H3. The summed E-state index contributed by atoms with van der Waals surface area (Å²) in [6.07, 6.45) is 3.92. The molecule has 0 amide bonds. The molecular weight excluding hydrogens is 288 g/mol. The second-order valence-electron chi connectivity index (χ2n) is 8.41. The summed E-state index contributed by atoms with van der Waals surface area (Å²) in [5.41, 5.74) is 6.11. The Morgan fingerprint density at radius 3 is 1.96 bits per heavy atom. The molecule has 0 radical (unpaired) electrons. The molecule has 0 aliphatic heterocycles. The largest absolute Gasteiger partial charge is 0.0619 e. The van der Waals surface area contributed by atoms with Crippen molar-refractivity contribution < 1.29 is 0 Å². The van der Waals surface area contributed by atoms with Gasteiger partial charge in [0.1, 0.15) is 0 Å². The molecule has 1 saturated carbocycles. The van der Waals surface area contributed by atoms with Gasteiger partial charge < -0.3 is 0 Å². The molecule has 24 heavy (non-hydrogen) atoms. The molecule has 1 aliphatic rings. The molecule has 128 valence electrons. The van der Waals surface area contributed by atoms with E-state index >= 15 is 0 Å². The van der Waals surface area contributed by atoms with E-state index in [0.717, 1.165) is 5.92 Å². The van der Waals surface area contributed by atoms with Crippen LogP contribution in [-0.4, -0.2) is 0 Å². The number of benzene rings is 2. The van der Waals surface area contributed by atoms with Crippen molar-refractivity contribution >= 4 is 0 Å². The van der Waals surface area contributed by atoms with Crippen LogP contribution in [0.3, 0.4) is 0 Å². The van der Waals surface area contributed by atoms with Crippen molar-refractivity contribution in [2.75, 3.05) is 0 Å². The molecule has 0 aromatic heterocycles. The molecule has 3 unspecified atom stereocenters. The molecular formula is C24H32. The van der Waals surface area contributed by atoms with Crippen LogP contribution in [-0.2, 0) is 5.41 Å². The van der Waals surface area contributed by atoms with Gasteiger partial charge in [-0.25, -0.2) is 0 Å². The maximum Gasteiger partial charge on any atom is -0.00180 e. The fourth-order valence-electron chi connectivity index (χ4n) is 4.65. The molecule has 3 atom stereocenters. The molecule has 0 nitrogen and oxygen atoms in total. The highest BCUT2D eigenvalue weighted by atomic mass is 14.5. The van der Waals surface area contributed by atoms with Gasteiger partial charge in [0.05, 0.1) is 0 Å². The summed E-state index contributed by atoms with van der Waals surface area (Å²) in [5.74, 6) is 2.11. The van der Waals surface area contributed by atoms with Crippen LogP contribution < -0.4 is 0 Å². The van der Waals surface area contributed by atoms with E-state index in [2.05, 4.69) is 83.1 Å². The van der Waals surface area contributed by atoms with Crippen LogP contribution in [0.2, 0.25) is 0 Å². The van der Waals surface area contributed by atoms with E-state index in [9.17, 15) is 0 Å². The average Bonchev–Trinajstić information content (AvgIpc) is 2.57. The Hall–Kier alpha value is -1.56. The van der Waals surface area contributed by atoms with Crippen molar-refractivity contribution in [1.29, 1.82) is 0 Å². The monoisotopic (exact) mass is 320 g/mol. The molecule has 0 N–H and O–H groups in total. The summed E-state index contributed by atoms with van der Waals surface area (Å²) in [4.78, 5) is 0. The molecule has 1 aliphatic carbocycles. The summed E-state index contributed by atoms with van der Waals surface area (Å²) in [6, 6.07) is 18.6. The Bertz CT molecular complexity index is 662. The lowest BCUT2D eigenvalue weighted by molar-refractivity contribution is 0.158.